The molecule has 0 radical (unpaired) electrons. The lowest BCUT2D eigenvalue weighted by Gasteiger charge is -2.39. The predicted octanol–water partition coefficient (Wildman–Crippen LogP) is 4.14. The van der Waals surface area contributed by atoms with Crippen LogP contribution in [0.4, 0.5) is 4.39 Å². The van der Waals surface area contributed by atoms with E-state index in [-0.39, 0.29) is 24.1 Å². The minimum Gasteiger partial charge on any atom is -0.491 e. The largest absolute Gasteiger partial charge is 0.491 e. The van der Waals surface area contributed by atoms with Gasteiger partial charge in [0.15, 0.2) is 0 Å². The van der Waals surface area contributed by atoms with Gasteiger partial charge in [-0.2, -0.15) is 0 Å². The summed E-state index contributed by atoms with van der Waals surface area (Å²) in [6.07, 6.45) is 1.21. The van der Waals surface area contributed by atoms with Crippen LogP contribution in [0.2, 0.25) is 5.02 Å². The number of amides is 1. The Morgan fingerprint density at radius 3 is 2.74 bits per heavy atom. The van der Waals surface area contributed by atoms with E-state index < -0.39 is 11.4 Å². The molecule has 1 amide bonds. The fourth-order valence-electron chi connectivity index (χ4n) is 3.24. The molecule has 2 aromatic carbocycles. The highest BCUT2D eigenvalue weighted by Gasteiger charge is 2.36. The second-order valence-corrected chi connectivity index (χ2v) is 7.63. The average Bonchev–Trinajstić information content (AvgIpc) is 2.64. The van der Waals surface area contributed by atoms with Gasteiger partial charge in [-0.05, 0) is 68.1 Å². The topological polar surface area (TPSA) is 49.8 Å². The van der Waals surface area contributed by atoms with Gasteiger partial charge in [0.05, 0.1) is 11.6 Å². The van der Waals surface area contributed by atoms with Crippen molar-refractivity contribution in [1.82, 2.24) is 4.90 Å². The van der Waals surface area contributed by atoms with Gasteiger partial charge in [-0.1, -0.05) is 17.7 Å². The second kappa shape index (κ2) is 7.87. The van der Waals surface area contributed by atoms with E-state index in [0.29, 0.717) is 30.7 Å². The molecule has 1 aliphatic heterocycles. The van der Waals surface area contributed by atoms with Gasteiger partial charge in [0.2, 0.25) is 0 Å². The number of hydrogen-bond acceptors (Lipinski definition) is 3. The van der Waals surface area contributed by atoms with Crippen LogP contribution in [0.5, 0.6) is 5.75 Å². The zero-order valence-corrected chi connectivity index (χ0v) is 16.2. The lowest BCUT2D eigenvalue weighted by atomic mass is 9.93. The van der Waals surface area contributed by atoms with Gasteiger partial charge in [0, 0.05) is 12.1 Å². The SMILES string of the molecule is Cc1ccc(OCC2(O)CCCN(C(=O)c3ccc(F)c(Cl)c3)C2)cc1C. The third kappa shape index (κ3) is 4.60. The van der Waals surface area contributed by atoms with Crippen LogP contribution >= 0.6 is 11.6 Å². The zero-order valence-electron chi connectivity index (χ0n) is 15.5. The van der Waals surface area contributed by atoms with E-state index in [4.69, 9.17) is 16.3 Å². The molecule has 1 fully saturated rings. The van der Waals surface area contributed by atoms with Crippen molar-refractivity contribution in [3.8, 4) is 5.75 Å². The van der Waals surface area contributed by atoms with Gasteiger partial charge in [-0.25, -0.2) is 4.39 Å². The molecule has 1 N–H and O–H groups in total. The van der Waals surface area contributed by atoms with E-state index in [9.17, 15) is 14.3 Å². The van der Waals surface area contributed by atoms with E-state index in [1.165, 1.54) is 23.8 Å². The third-order valence-electron chi connectivity index (χ3n) is 4.99. The maximum atomic E-state index is 13.3. The van der Waals surface area contributed by atoms with E-state index in [0.717, 1.165) is 5.56 Å². The van der Waals surface area contributed by atoms with Crippen molar-refractivity contribution in [2.45, 2.75) is 32.3 Å². The van der Waals surface area contributed by atoms with Crippen LogP contribution in [0.1, 0.15) is 34.3 Å². The smallest absolute Gasteiger partial charge is 0.254 e. The van der Waals surface area contributed by atoms with Crippen molar-refractivity contribution >= 4 is 17.5 Å². The molecule has 0 aromatic heterocycles. The van der Waals surface area contributed by atoms with Crippen molar-refractivity contribution < 1.29 is 19.0 Å². The average molecular weight is 392 g/mol. The Bertz CT molecular complexity index is 857. The molecule has 4 nitrogen and oxygen atoms in total. The summed E-state index contributed by atoms with van der Waals surface area (Å²) >= 11 is 5.78. The Morgan fingerprint density at radius 2 is 2.04 bits per heavy atom. The number of β-amino-alcohol motifs (C(OH)–C–C–N with tert-alkyl or cyclic N) is 1. The summed E-state index contributed by atoms with van der Waals surface area (Å²) in [4.78, 5) is 14.3. The molecule has 144 valence electrons. The number of likely N-dealkylation sites (tertiary alicyclic amines) is 1. The number of aliphatic hydroxyl groups is 1. The predicted molar refractivity (Wildman–Crippen MR) is 103 cm³/mol. The molecule has 1 atom stereocenters. The molecular formula is C21H23ClFNO3. The van der Waals surface area contributed by atoms with Crippen LogP contribution in [-0.2, 0) is 0 Å². The van der Waals surface area contributed by atoms with E-state index in [1.54, 1.807) is 4.90 Å². The number of carbonyl (C=O) groups excluding carboxylic acids is 1. The van der Waals surface area contributed by atoms with Crippen LogP contribution in [0.3, 0.4) is 0 Å². The standard InChI is InChI=1S/C21H23ClFNO3/c1-14-4-6-17(10-15(14)2)27-13-21(26)8-3-9-24(12-21)20(25)16-5-7-19(23)18(22)11-16/h4-7,10-11,26H,3,8-9,12-13H2,1-2H3. The van der Waals surface area contributed by atoms with Gasteiger partial charge in [0.1, 0.15) is 23.8 Å². The number of ether oxygens (including phenoxy) is 1. The molecule has 27 heavy (non-hydrogen) atoms. The minimum absolute atomic E-state index is 0.0915. The first-order valence-corrected chi connectivity index (χ1v) is 9.32. The molecule has 6 heteroatoms. The maximum absolute atomic E-state index is 13.3. The molecule has 0 bridgehead atoms. The normalized spacial score (nSPS) is 19.8. The first-order valence-electron chi connectivity index (χ1n) is 8.94. The molecule has 0 aliphatic carbocycles. The van der Waals surface area contributed by atoms with Crippen molar-refractivity contribution in [3.05, 3.63) is 63.9 Å². The number of aryl methyl sites for hydroxylation is 2. The van der Waals surface area contributed by atoms with Gasteiger partial charge in [-0.15, -0.1) is 0 Å². The summed E-state index contributed by atoms with van der Waals surface area (Å²) in [5, 5.41) is 10.8. The van der Waals surface area contributed by atoms with Crippen LogP contribution in [0, 0.1) is 19.7 Å². The first kappa shape index (κ1) is 19.6. The summed E-state index contributed by atoms with van der Waals surface area (Å²) < 4.78 is 19.1. The summed E-state index contributed by atoms with van der Waals surface area (Å²) in [5.41, 5.74) is 1.47. The fraction of sp³-hybridized carbons (Fsp3) is 0.381. The summed E-state index contributed by atoms with van der Waals surface area (Å²) in [6, 6.07) is 9.68. The van der Waals surface area contributed by atoms with Crippen molar-refractivity contribution in [1.29, 1.82) is 0 Å². The Labute approximate surface area is 163 Å². The minimum atomic E-state index is -1.13. The first-order chi connectivity index (χ1) is 12.8. The molecule has 0 spiro atoms. The summed E-state index contributed by atoms with van der Waals surface area (Å²) in [6.45, 7) is 4.82. The Morgan fingerprint density at radius 1 is 1.26 bits per heavy atom. The number of benzene rings is 2. The van der Waals surface area contributed by atoms with Crippen molar-refractivity contribution in [2.75, 3.05) is 19.7 Å². The Balaban J connectivity index is 1.67. The third-order valence-corrected chi connectivity index (χ3v) is 5.28. The van der Waals surface area contributed by atoms with E-state index in [2.05, 4.69) is 0 Å². The summed E-state index contributed by atoms with van der Waals surface area (Å²) in [7, 11) is 0. The monoisotopic (exact) mass is 391 g/mol. The lowest BCUT2D eigenvalue weighted by molar-refractivity contribution is -0.0532. The molecule has 1 heterocycles. The molecule has 2 aromatic rings. The Kier molecular flexibility index (Phi) is 5.72. The van der Waals surface area contributed by atoms with E-state index >= 15 is 0 Å². The molecular weight excluding hydrogens is 369 g/mol. The number of carbonyl (C=O) groups is 1. The zero-order chi connectivity index (χ0) is 19.6. The fourth-order valence-corrected chi connectivity index (χ4v) is 3.42. The molecule has 3 rings (SSSR count). The number of nitrogens with zero attached hydrogens (tertiary/aromatic N) is 1. The van der Waals surface area contributed by atoms with Crippen molar-refractivity contribution in [3.63, 3.8) is 0 Å². The number of hydrogen-bond donors (Lipinski definition) is 1. The molecule has 1 aliphatic rings. The summed E-state index contributed by atoms with van der Waals surface area (Å²) in [5.74, 6) is -0.147. The quantitative estimate of drug-likeness (QED) is 0.852. The van der Waals surface area contributed by atoms with E-state index in [1.807, 2.05) is 32.0 Å². The highest BCUT2D eigenvalue weighted by atomic mass is 35.5. The highest BCUT2D eigenvalue weighted by molar-refractivity contribution is 6.31. The maximum Gasteiger partial charge on any atom is 0.254 e. The molecule has 1 unspecified atom stereocenters. The van der Waals surface area contributed by atoms with Gasteiger partial charge < -0.3 is 14.7 Å². The van der Waals surface area contributed by atoms with Crippen LogP contribution in [0.15, 0.2) is 36.4 Å². The number of piperidine rings is 1. The highest BCUT2D eigenvalue weighted by Crippen LogP contribution is 2.26. The lowest BCUT2D eigenvalue weighted by Crippen LogP contribution is -2.53. The number of rotatable bonds is 4. The number of halogens is 2. The van der Waals surface area contributed by atoms with Crippen LogP contribution < -0.4 is 4.74 Å². The molecule has 1 saturated heterocycles. The van der Waals surface area contributed by atoms with Gasteiger partial charge >= 0.3 is 0 Å². The van der Waals surface area contributed by atoms with Crippen molar-refractivity contribution in [2.24, 2.45) is 0 Å². The van der Waals surface area contributed by atoms with Crippen LogP contribution in [0.25, 0.3) is 0 Å². The Hall–Kier alpha value is -2.11. The van der Waals surface area contributed by atoms with Gasteiger partial charge in [-0.3, -0.25) is 4.79 Å². The molecule has 0 saturated carbocycles. The van der Waals surface area contributed by atoms with Crippen LogP contribution in [-0.4, -0.2) is 41.2 Å². The van der Waals surface area contributed by atoms with Gasteiger partial charge in [0.25, 0.3) is 5.91 Å². The second-order valence-electron chi connectivity index (χ2n) is 7.22.